The monoisotopic (exact) mass is 362 g/mol. The Hall–Kier alpha value is 0.306. The zero-order chi connectivity index (χ0) is 15.8. The summed E-state index contributed by atoms with van der Waals surface area (Å²) in [6.45, 7) is -0.723. The molecule has 4 atom stereocenters. The number of aliphatic hydroxyl groups is 1. The molecule has 11 nitrogen and oxygen atoms in total. The van der Waals surface area contributed by atoms with E-state index in [1.807, 2.05) is 4.98 Å². The number of rotatable bonds is 4. The molecule has 2 heterocycles. The van der Waals surface area contributed by atoms with Crippen LogP contribution >= 0.6 is 7.82 Å². The van der Waals surface area contributed by atoms with E-state index in [9.17, 15) is 24.4 Å². The van der Waals surface area contributed by atoms with Gasteiger partial charge < -0.3 is 24.7 Å². The van der Waals surface area contributed by atoms with Crippen LogP contribution in [0.15, 0.2) is 21.9 Å². The van der Waals surface area contributed by atoms with E-state index in [1.54, 1.807) is 0 Å². The minimum atomic E-state index is -4.78. The summed E-state index contributed by atoms with van der Waals surface area (Å²) in [5.74, 6) is 0. The molecule has 1 fully saturated rings. The number of hydrogen-bond donors (Lipinski definition) is 4. The van der Waals surface area contributed by atoms with E-state index in [1.165, 1.54) is 0 Å². The number of nitrogens with zero attached hydrogens (tertiary/aromatic N) is 1. The van der Waals surface area contributed by atoms with Gasteiger partial charge in [0.25, 0.3) is 5.56 Å². The second-order valence-corrected chi connectivity index (χ2v) is 5.56. The molecular formula is C9H12KN2O9P. The fourth-order valence-electron chi connectivity index (χ4n) is 1.88. The smallest absolute Gasteiger partial charge is 0.847 e. The third-order valence-electron chi connectivity index (χ3n) is 2.85. The molecule has 1 aromatic rings. The van der Waals surface area contributed by atoms with Gasteiger partial charge in [-0.2, -0.15) is 0 Å². The molecule has 0 bridgehead atoms. The van der Waals surface area contributed by atoms with Gasteiger partial charge in [0, 0.05) is 12.3 Å². The van der Waals surface area contributed by atoms with Crippen LogP contribution in [-0.4, -0.2) is 49.4 Å². The Balaban J connectivity index is 0.00000242. The molecule has 118 valence electrons. The van der Waals surface area contributed by atoms with Crippen LogP contribution < -0.4 is 67.7 Å². The van der Waals surface area contributed by atoms with Crippen molar-refractivity contribution in [1.82, 2.24) is 9.55 Å². The number of ether oxygens (including phenoxy) is 1. The molecule has 0 aromatic carbocycles. The molecule has 1 aromatic heterocycles. The van der Waals surface area contributed by atoms with E-state index < -0.39 is 50.2 Å². The summed E-state index contributed by atoms with van der Waals surface area (Å²) in [4.78, 5) is 41.5. The maximum absolute atomic E-state index is 11.9. The standard InChI is InChI=1S/C9H12N2O9P.K/c12-5-1-2-11(9(15)10-5)8-7(14)6(13)4(20-8)3-19-21(16,17)18;/h1-2,4,6-8,13H,3H2,(H,10,12,15)(H2,16,17,18);/q-1;+1/t4-,6+,7-,8-;/m1./s1. The van der Waals surface area contributed by atoms with Crippen molar-refractivity contribution < 1.29 is 85.2 Å². The molecule has 0 saturated carbocycles. The molecule has 2 rings (SSSR count). The van der Waals surface area contributed by atoms with Gasteiger partial charge in [0.1, 0.15) is 12.3 Å². The summed E-state index contributed by atoms with van der Waals surface area (Å²) in [5.41, 5.74) is -1.57. The Kier molecular flexibility index (Phi) is 7.33. The second-order valence-electron chi connectivity index (χ2n) is 4.32. The van der Waals surface area contributed by atoms with Gasteiger partial charge in [0.2, 0.25) is 0 Å². The first-order chi connectivity index (χ1) is 9.69. The van der Waals surface area contributed by atoms with Crippen LogP contribution in [0, 0.1) is 0 Å². The number of aliphatic hydroxyl groups excluding tert-OH is 1. The Morgan fingerprint density at radius 3 is 2.64 bits per heavy atom. The Labute approximate surface area is 165 Å². The minimum absolute atomic E-state index is 0. The number of phosphoric acid groups is 1. The van der Waals surface area contributed by atoms with Gasteiger partial charge in [0.15, 0.2) is 0 Å². The van der Waals surface area contributed by atoms with Crippen molar-refractivity contribution in [2.24, 2.45) is 0 Å². The van der Waals surface area contributed by atoms with Crippen molar-refractivity contribution >= 4 is 7.82 Å². The van der Waals surface area contributed by atoms with Crippen LogP contribution in [0.5, 0.6) is 0 Å². The molecule has 4 N–H and O–H groups in total. The second kappa shape index (κ2) is 7.92. The van der Waals surface area contributed by atoms with Gasteiger partial charge in [-0.25, -0.2) is 9.36 Å². The molecule has 0 radical (unpaired) electrons. The van der Waals surface area contributed by atoms with Gasteiger partial charge in [-0.05, 0) is 6.10 Å². The fraction of sp³-hybridized carbons (Fsp3) is 0.556. The average Bonchev–Trinajstić information content (AvgIpc) is 2.64. The van der Waals surface area contributed by atoms with Crippen molar-refractivity contribution in [3.05, 3.63) is 33.1 Å². The Morgan fingerprint density at radius 1 is 1.45 bits per heavy atom. The molecule has 13 heteroatoms. The van der Waals surface area contributed by atoms with Gasteiger partial charge in [0.05, 0.1) is 12.7 Å². The van der Waals surface area contributed by atoms with Gasteiger partial charge in [-0.15, -0.1) is 0 Å². The molecule has 0 aliphatic carbocycles. The summed E-state index contributed by atoms with van der Waals surface area (Å²) in [5, 5.41) is 21.6. The molecule has 1 aliphatic rings. The third-order valence-corrected chi connectivity index (χ3v) is 3.33. The molecule has 1 saturated heterocycles. The van der Waals surface area contributed by atoms with E-state index in [-0.39, 0.29) is 51.4 Å². The normalized spacial score (nSPS) is 28.4. The summed E-state index contributed by atoms with van der Waals surface area (Å²) in [6, 6.07) is 0.989. The molecule has 0 amide bonds. The van der Waals surface area contributed by atoms with E-state index in [4.69, 9.17) is 14.5 Å². The quantitative estimate of drug-likeness (QED) is 0.300. The molecule has 1 aliphatic heterocycles. The number of aromatic nitrogens is 2. The maximum atomic E-state index is 11.9. The van der Waals surface area contributed by atoms with E-state index in [0.29, 0.717) is 0 Å². The van der Waals surface area contributed by atoms with Crippen LogP contribution in [0.2, 0.25) is 0 Å². The predicted octanol–water partition coefficient (Wildman–Crippen LogP) is -6.36. The van der Waals surface area contributed by atoms with Crippen LogP contribution in [0.3, 0.4) is 0 Å². The molecule has 0 unspecified atom stereocenters. The van der Waals surface area contributed by atoms with Gasteiger partial charge in [-0.1, -0.05) is 0 Å². The SMILES string of the molecule is O=c1ccn([C@@H]2O[C@H](COP(=O)(O)O)[C@H](O)[C@H]2[O-])c(=O)[nH]1.[K+]. The summed E-state index contributed by atoms with van der Waals surface area (Å²) in [7, 11) is -4.78. The topological polar surface area (TPSA) is 174 Å². The van der Waals surface area contributed by atoms with Crippen molar-refractivity contribution in [3.8, 4) is 0 Å². The minimum Gasteiger partial charge on any atom is -0.847 e. The third kappa shape index (κ3) is 4.90. The number of aromatic amines is 1. The summed E-state index contributed by atoms with van der Waals surface area (Å²) >= 11 is 0. The van der Waals surface area contributed by atoms with Crippen molar-refractivity contribution in [1.29, 1.82) is 0 Å². The fourth-order valence-corrected chi connectivity index (χ4v) is 2.22. The summed E-state index contributed by atoms with van der Waals surface area (Å²) < 4.78 is 20.6. The van der Waals surface area contributed by atoms with E-state index in [0.717, 1.165) is 16.8 Å². The largest absolute Gasteiger partial charge is 1.00 e. The number of hydrogen-bond acceptors (Lipinski definition) is 7. The van der Waals surface area contributed by atoms with Crippen LogP contribution in [-0.2, 0) is 13.8 Å². The summed E-state index contributed by atoms with van der Waals surface area (Å²) in [6.07, 6.45) is -5.16. The first-order valence-electron chi connectivity index (χ1n) is 5.70. The van der Waals surface area contributed by atoms with Crippen LogP contribution in [0.4, 0.5) is 0 Å². The van der Waals surface area contributed by atoms with Crippen molar-refractivity contribution in [3.63, 3.8) is 0 Å². The number of nitrogens with one attached hydrogen (secondary N) is 1. The maximum Gasteiger partial charge on any atom is 1.00 e. The van der Waals surface area contributed by atoms with E-state index >= 15 is 0 Å². The van der Waals surface area contributed by atoms with Crippen molar-refractivity contribution in [2.75, 3.05) is 6.61 Å². The number of phosphoric ester groups is 1. The van der Waals surface area contributed by atoms with Gasteiger partial charge >= 0.3 is 64.9 Å². The first kappa shape index (κ1) is 20.4. The van der Waals surface area contributed by atoms with E-state index in [2.05, 4.69) is 4.52 Å². The van der Waals surface area contributed by atoms with Crippen molar-refractivity contribution in [2.45, 2.75) is 24.5 Å². The van der Waals surface area contributed by atoms with Crippen LogP contribution in [0.1, 0.15) is 6.23 Å². The molecule has 0 spiro atoms. The number of H-pyrrole nitrogens is 1. The predicted molar refractivity (Wildman–Crippen MR) is 63.0 cm³/mol. The van der Waals surface area contributed by atoms with Gasteiger partial charge in [-0.3, -0.25) is 18.9 Å². The zero-order valence-corrected chi connectivity index (χ0v) is 15.4. The Bertz CT molecular complexity index is 670. The Morgan fingerprint density at radius 2 is 2.09 bits per heavy atom. The first-order valence-corrected chi connectivity index (χ1v) is 7.23. The molecule has 22 heavy (non-hydrogen) atoms. The van der Waals surface area contributed by atoms with Crippen LogP contribution in [0.25, 0.3) is 0 Å². The zero-order valence-electron chi connectivity index (χ0n) is 11.4. The molecular weight excluding hydrogens is 350 g/mol. The average molecular weight is 362 g/mol.